The maximum atomic E-state index is 12.4. The Balaban J connectivity index is 1.79. The first-order valence-electron chi connectivity index (χ1n) is 6.43. The minimum atomic E-state index is -0.552. The first-order valence-corrected chi connectivity index (χ1v) is 7.23. The van der Waals surface area contributed by atoms with E-state index in [0.717, 1.165) is 35.7 Å². The maximum Gasteiger partial charge on any atom is 0.243 e. The average Bonchev–Trinajstić information content (AvgIpc) is 3.23. The molecular formula is C14H17BrN2O. The second-order valence-corrected chi connectivity index (χ2v) is 6.27. The molecule has 3 rings (SSSR count). The van der Waals surface area contributed by atoms with E-state index in [4.69, 9.17) is 5.73 Å². The van der Waals surface area contributed by atoms with Crippen molar-refractivity contribution in [3.63, 3.8) is 0 Å². The molecule has 3 nitrogen and oxygen atoms in total. The predicted molar refractivity (Wildman–Crippen MR) is 73.9 cm³/mol. The Morgan fingerprint density at radius 3 is 2.61 bits per heavy atom. The standard InChI is InChI=1S/C14H17BrN2O/c15-12-4-2-1-3-10(12)9-17(11-5-6-11)13(18)14(16)7-8-14/h1-4,11H,5-9,16H2. The molecule has 0 aliphatic heterocycles. The lowest BCUT2D eigenvalue weighted by molar-refractivity contribution is -0.134. The van der Waals surface area contributed by atoms with Gasteiger partial charge in [-0.3, -0.25) is 4.79 Å². The summed E-state index contributed by atoms with van der Waals surface area (Å²) in [4.78, 5) is 14.4. The zero-order valence-corrected chi connectivity index (χ0v) is 11.8. The summed E-state index contributed by atoms with van der Waals surface area (Å²) in [6, 6.07) is 8.47. The van der Waals surface area contributed by atoms with Crippen molar-refractivity contribution in [1.82, 2.24) is 4.90 Å². The number of nitrogens with two attached hydrogens (primary N) is 1. The SMILES string of the molecule is NC1(C(=O)N(Cc2ccccc2Br)C2CC2)CC1. The summed E-state index contributed by atoms with van der Waals surface area (Å²) in [5.41, 5.74) is 6.65. The van der Waals surface area contributed by atoms with Gasteiger partial charge in [-0.25, -0.2) is 0 Å². The van der Waals surface area contributed by atoms with E-state index < -0.39 is 5.54 Å². The molecule has 0 atom stereocenters. The van der Waals surface area contributed by atoms with Crippen LogP contribution < -0.4 is 5.73 Å². The number of benzene rings is 1. The number of rotatable bonds is 4. The van der Waals surface area contributed by atoms with E-state index in [-0.39, 0.29) is 5.91 Å². The Morgan fingerprint density at radius 2 is 2.06 bits per heavy atom. The fraction of sp³-hybridized carbons (Fsp3) is 0.500. The van der Waals surface area contributed by atoms with Crippen molar-refractivity contribution in [2.45, 2.75) is 43.8 Å². The van der Waals surface area contributed by atoms with Gasteiger partial charge in [-0.05, 0) is 37.3 Å². The van der Waals surface area contributed by atoms with Crippen LogP contribution in [-0.4, -0.2) is 22.4 Å². The van der Waals surface area contributed by atoms with Crippen LogP contribution >= 0.6 is 15.9 Å². The summed E-state index contributed by atoms with van der Waals surface area (Å²) in [5, 5.41) is 0. The smallest absolute Gasteiger partial charge is 0.243 e. The number of hydrogen-bond donors (Lipinski definition) is 1. The zero-order chi connectivity index (χ0) is 12.8. The van der Waals surface area contributed by atoms with Gasteiger partial charge in [0.15, 0.2) is 0 Å². The molecule has 2 saturated carbocycles. The predicted octanol–water partition coefficient (Wildman–Crippen LogP) is 2.43. The van der Waals surface area contributed by atoms with E-state index in [1.54, 1.807) is 0 Å². The number of carbonyl (C=O) groups is 1. The van der Waals surface area contributed by atoms with E-state index in [0.29, 0.717) is 12.6 Å². The second-order valence-electron chi connectivity index (χ2n) is 5.41. The molecule has 0 saturated heterocycles. The van der Waals surface area contributed by atoms with E-state index >= 15 is 0 Å². The van der Waals surface area contributed by atoms with Crippen LogP contribution in [0.2, 0.25) is 0 Å². The summed E-state index contributed by atoms with van der Waals surface area (Å²) in [7, 11) is 0. The highest BCUT2D eigenvalue weighted by molar-refractivity contribution is 9.10. The molecule has 0 heterocycles. The summed E-state index contributed by atoms with van der Waals surface area (Å²) >= 11 is 3.54. The molecule has 2 N–H and O–H groups in total. The highest BCUT2D eigenvalue weighted by Gasteiger charge is 2.50. The van der Waals surface area contributed by atoms with E-state index in [1.807, 2.05) is 23.1 Å². The summed E-state index contributed by atoms with van der Waals surface area (Å²) in [6.45, 7) is 0.671. The average molecular weight is 309 g/mol. The Labute approximate surface area is 115 Å². The van der Waals surface area contributed by atoms with Crippen LogP contribution in [0.25, 0.3) is 0 Å². The minimum Gasteiger partial charge on any atom is -0.334 e. The lowest BCUT2D eigenvalue weighted by Crippen LogP contribution is -2.46. The third kappa shape index (κ3) is 2.31. The van der Waals surface area contributed by atoms with Crippen molar-refractivity contribution < 1.29 is 4.79 Å². The van der Waals surface area contributed by atoms with Crippen LogP contribution in [0, 0.1) is 0 Å². The molecular weight excluding hydrogens is 292 g/mol. The molecule has 2 aliphatic rings. The molecule has 0 bridgehead atoms. The second kappa shape index (κ2) is 4.35. The highest BCUT2D eigenvalue weighted by Crippen LogP contribution is 2.39. The van der Waals surface area contributed by atoms with Crippen LogP contribution in [0.4, 0.5) is 0 Å². The van der Waals surface area contributed by atoms with Gasteiger partial charge in [0.05, 0.1) is 5.54 Å². The number of hydrogen-bond acceptors (Lipinski definition) is 2. The molecule has 1 aromatic carbocycles. The van der Waals surface area contributed by atoms with Crippen LogP contribution in [0.1, 0.15) is 31.2 Å². The molecule has 96 valence electrons. The molecule has 0 aromatic heterocycles. The van der Waals surface area contributed by atoms with Crippen molar-refractivity contribution in [3.05, 3.63) is 34.3 Å². The normalized spacial score (nSPS) is 20.6. The van der Waals surface area contributed by atoms with Crippen LogP contribution in [0.3, 0.4) is 0 Å². The first kappa shape index (κ1) is 12.2. The molecule has 18 heavy (non-hydrogen) atoms. The maximum absolute atomic E-state index is 12.4. The summed E-state index contributed by atoms with van der Waals surface area (Å²) in [6.07, 6.45) is 3.91. The molecule has 0 radical (unpaired) electrons. The quantitative estimate of drug-likeness (QED) is 0.928. The number of amides is 1. The molecule has 0 spiro atoms. The third-order valence-corrected chi connectivity index (χ3v) is 4.54. The van der Waals surface area contributed by atoms with Gasteiger partial charge in [0, 0.05) is 17.1 Å². The fourth-order valence-corrected chi connectivity index (χ4v) is 2.61. The Morgan fingerprint density at radius 1 is 1.39 bits per heavy atom. The van der Waals surface area contributed by atoms with Gasteiger partial charge < -0.3 is 10.6 Å². The van der Waals surface area contributed by atoms with Gasteiger partial charge in [0.1, 0.15) is 0 Å². The monoisotopic (exact) mass is 308 g/mol. The largest absolute Gasteiger partial charge is 0.334 e. The molecule has 1 aromatic rings. The van der Waals surface area contributed by atoms with Gasteiger partial charge in [-0.15, -0.1) is 0 Å². The number of carbonyl (C=O) groups excluding carboxylic acids is 1. The number of nitrogens with zero attached hydrogens (tertiary/aromatic N) is 1. The van der Waals surface area contributed by atoms with Crippen LogP contribution in [0.15, 0.2) is 28.7 Å². The lowest BCUT2D eigenvalue weighted by Gasteiger charge is -2.26. The summed E-state index contributed by atoms with van der Waals surface area (Å²) in [5.74, 6) is 0.140. The molecule has 1 amide bonds. The van der Waals surface area contributed by atoms with E-state index in [2.05, 4.69) is 22.0 Å². The van der Waals surface area contributed by atoms with Crippen LogP contribution in [0.5, 0.6) is 0 Å². The van der Waals surface area contributed by atoms with Crippen molar-refractivity contribution in [1.29, 1.82) is 0 Å². The topological polar surface area (TPSA) is 46.3 Å². The van der Waals surface area contributed by atoms with Gasteiger partial charge in [-0.2, -0.15) is 0 Å². The third-order valence-electron chi connectivity index (χ3n) is 3.76. The van der Waals surface area contributed by atoms with Crippen molar-refractivity contribution in [2.24, 2.45) is 5.73 Å². The number of halogens is 1. The van der Waals surface area contributed by atoms with Crippen molar-refractivity contribution in [3.8, 4) is 0 Å². The fourth-order valence-electron chi connectivity index (χ4n) is 2.20. The van der Waals surface area contributed by atoms with Crippen molar-refractivity contribution >= 4 is 21.8 Å². The minimum absolute atomic E-state index is 0.140. The van der Waals surface area contributed by atoms with Crippen LogP contribution in [-0.2, 0) is 11.3 Å². The van der Waals surface area contributed by atoms with Crippen molar-refractivity contribution in [2.75, 3.05) is 0 Å². The Hall–Kier alpha value is -0.870. The molecule has 2 aliphatic carbocycles. The van der Waals surface area contributed by atoms with Gasteiger partial charge in [0.25, 0.3) is 0 Å². The Bertz CT molecular complexity index is 480. The Kier molecular flexibility index (Phi) is 2.94. The molecule has 4 heteroatoms. The molecule has 2 fully saturated rings. The van der Waals surface area contributed by atoms with Gasteiger partial charge >= 0.3 is 0 Å². The zero-order valence-electron chi connectivity index (χ0n) is 10.2. The molecule has 0 unspecified atom stereocenters. The van der Waals surface area contributed by atoms with Gasteiger partial charge in [0.2, 0.25) is 5.91 Å². The van der Waals surface area contributed by atoms with Gasteiger partial charge in [-0.1, -0.05) is 34.1 Å². The van der Waals surface area contributed by atoms with E-state index in [1.165, 1.54) is 0 Å². The summed E-state index contributed by atoms with van der Waals surface area (Å²) < 4.78 is 1.06. The lowest BCUT2D eigenvalue weighted by atomic mass is 10.1. The first-order chi connectivity index (χ1) is 8.60. The van der Waals surface area contributed by atoms with E-state index in [9.17, 15) is 4.79 Å². The highest BCUT2D eigenvalue weighted by atomic mass is 79.9.